The molecule has 21 heavy (non-hydrogen) atoms. The van der Waals surface area contributed by atoms with E-state index in [4.69, 9.17) is 9.84 Å². The van der Waals surface area contributed by atoms with Gasteiger partial charge < -0.3 is 14.7 Å². The first kappa shape index (κ1) is 15.5. The van der Waals surface area contributed by atoms with E-state index in [0.717, 1.165) is 25.1 Å². The second-order valence-electron chi connectivity index (χ2n) is 5.20. The van der Waals surface area contributed by atoms with Crippen LogP contribution in [0.15, 0.2) is 30.3 Å². The van der Waals surface area contributed by atoms with Crippen LogP contribution >= 0.6 is 0 Å². The molecule has 0 radical (unpaired) electrons. The molecule has 1 atom stereocenters. The van der Waals surface area contributed by atoms with Crippen molar-refractivity contribution >= 4 is 17.6 Å². The van der Waals surface area contributed by atoms with Crippen molar-refractivity contribution in [3.05, 3.63) is 30.3 Å². The number of nitrogens with zero attached hydrogens (tertiary/aromatic N) is 1. The van der Waals surface area contributed by atoms with Gasteiger partial charge in [0.2, 0.25) is 5.91 Å². The van der Waals surface area contributed by atoms with Crippen molar-refractivity contribution in [3.63, 3.8) is 0 Å². The number of hydrogen-bond acceptors (Lipinski definition) is 3. The van der Waals surface area contributed by atoms with Crippen LogP contribution < -0.4 is 4.90 Å². The first-order valence-electron chi connectivity index (χ1n) is 7.35. The number of rotatable bonds is 7. The second kappa shape index (κ2) is 7.78. The molecular formula is C16H21NO4. The molecule has 5 heteroatoms. The number of aliphatic carboxylic acids is 1. The Morgan fingerprint density at radius 1 is 1.24 bits per heavy atom. The van der Waals surface area contributed by atoms with E-state index < -0.39 is 5.97 Å². The Bertz CT molecular complexity index is 468. The van der Waals surface area contributed by atoms with Crippen molar-refractivity contribution in [2.24, 2.45) is 0 Å². The fraction of sp³-hybridized carbons (Fsp3) is 0.500. The van der Waals surface area contributed by atoms with Crippen LogP contribution in [0.2, 0.25) is 0 Å². The van der Waals surface area contributed by atoms with Gasteiger partial charge in [-0.25, -0.2) is 0 Å². The van der Waals surface area contributed by atoms with Crippen molar-refractivity contribution in [2.75, 3.05) is 18.1 Å². The lowest BCUT2D eigenvalue weighted by Crippen LogP contribution is -2.33. The number of hydrogen-bond donors (Lipinski definition) is 1. The van der Waals surface area contributed by atoms with Crippen LogP contribution in [0.3, 0.4) is 0 Å². The molecule has 0 aliphatic carbocycles. The Morgan fingerprint density at radius 2 is 2.00 bits per heavy atom. The molecule has 5 nitrogen and oxygen atoms in total. The minimum atomic E-state index is -0.900. The van der Waals surface area contributed by atoms with Crippen molar-refractivity contribution in [1.82, 2.24) is 0 Å². The highest BCUT2D eigenvalue weighted by Gasteiger charge is 2.21. The molecule has 1 aromatic carbocycles. The molecule has 1 N–H and O–H groups in total. The van der Waals surface area contributed by atoms with E-state index in [-0.39, 0.29) is 25.0 Å². The zero-order valence-corrected chi connectivity index (χ0v) is 12.0. The number of ether oxygens (including phenoxy) is 1. The van der Waals surface area contributed by atoms with Gasteiger partial charge in [0, 0.05) is 25.3 Å². The number of amides is 1. The molecule has 114 valence electrons. The van der Waals surface area contributed by atoms with E-state index in [9.17, 15) is 9.59 Å². The van der Waals surface area contributed by atoms with E-state index in [1.165, 1.54) is 0 Å². The summed E-state index contributed by atoms with van der Waals surface area (Å²) in [5.41, 5.74) is 0.746. The lowest BCUT2D eigenvalue weighted by atomic mass is 10.1. The number of carboxylic acid groups (broad SMARTS) is 1. The molecular weight excluding hydrogens is 270 g/mol. The summed E-state index contributed by atoms with van der Waals surface area (Å²) in [4.78, 5) is 24.7. The summed E-state index contributed by atoms with van der Waals surface area (Å²) in [5, 5.41) is 8.84. The van der Waals surface area contributed by atoms with Crippen LogP contribution in [0.5, 0.6) is 0 Å². The van der Waals surface area contributed by atoms with Crippen LogP contribution in [0, 0.1) is 0 Å². The SMILES string of the molecule is O=C(O)CCN(C(=O)CCC1CCCO1)c1ccccc1. The van der Waals surface area contributed by atoms with Crippen molar-refractivity contribution in [2.45, 2.75) is 38.2 Å². The highest BCUT2D eigenvalue weighted by Crippen LogP contribution is 2.20. The first-order chi connectivity index (χ1) is 10.2. The predicted molar refractivity (Wildman–Crippen MR) is 79.3 cm³/mol. The van der Waals surface area contributed by atoms with E-state index in [0.29, 0.717) is 12.8 Å². The summed E-state index contributed by atoms with van der Waals surface area (Å²) < 4.78 is 5.52. The number of anilines is 1. The zero-order chi connectivity index (χ0) is 15.1. The molecule has 1 aromatic rings. The highest BCUT2D eigenvalue weighted by molar-refractivity contribution is 5.93. The standard InChI is InChI=1S/C16H21NO4/c18-15(9-8-14-7-4-12-21-14)17(11-10-16(19)20)13-5-2-1-3-6-13/h1-3,5-6,14H,4,7-12H2,(H,19,20). The number of carbonyl (C=O) groups excluding carboxylic acids is 1. The van der Waals surface area contributed by atoms with Crippen LogP contribution in [0.1, 0.15) is 32.1 Å². The predicted octanol–water partition coefficient (Wildman–Crippen LogP) is 2.45. The molecule has 2 rings (SSSR count). The molecule has 1 unspecified atom stereocenters. The Kier molecular flexibility index (Phi) is 5.75. The van der Waals surface area contributed by atoms with E-state index in [1.807, 2.05) is 30.3 Å². The third-order valence-electron chi connectivity index (χ3n) is 3.62. The van der Waals surface area contributed by atoms with E-state index in [2.05, 4.69) is 0 Å². The zero-order valence-electron chi connectivity index (χ0n) is 12.0. The highest BCUT2D eigenvalue weighted by atomic mass is 16.5. The molecule has 0 bridgehead atoms. The smallest absolute Gasteiger partial charge is 0.305 e. The van der Waals surface area contributed by atoms with Crippen LogP contribution in [-0.4, -0.2) is 36.2 Å². The Morgan fingerprint density at radius 3 is 2.62 bits per heavy atom. The van der Waals surface area contributed by atoms with Gasteiger partial charge >= 0.3 is 5.97 Å². The van der Waals surface area contributed by atoms with Gasteiger partial charge in [-0.15, -0.1) is 0 Å². The summed E-state index contributed by atoms with van der Waals surface area (Å²) in [5.74, 6) is -0.944. The third kappa shape index (κ3) is 4.86. The number of benzene rings is 1. The fourth-order valence-corrected chi connectivity index (χ4v) is 2.50. The Hall–Kier alpha value is -1.88. The Balaban J connectivity index is 1.96. The first-order valence-corrected chi connectivity index (χ1v) is 7.35. The van der Waals surface area contributed by atoms with Gasteiger partial charge in [0.1, 0.15) is 0 Å². The molecule has 1 saturated heterocycles. The van der Waals surface area contributed by atoms with Crippen LogP contribution in [0.4, 0.5) is 5.69 Å². The van der Waals surface area contributed by atoms with Crippen molar-refractivity contribution in [1.29, 1.82) is 0 Å². The normalized spacial score (nSPS) is 17.6. The van der Waals surface area contributed by atoms with Gasteiger partial charge in [-0.2, -0.15) is 0 Å². The third-order valence-corrected chi connectivity index (χ3v) is 3.62. The Labute approximate surface area is 124 Å². The van der Waals surface area contributed by atoms with Crippen molar-refractivity contribution < 1.29 is 19.4 Å². The average Bonchev–Trinajstić information content (AvgIpc) is 2.99. The molecule has 1 fully saturated rings. The lowest BCUT2D eigenvalue weighted by molar-refractivity contribution is -0.136. The summed E-state index contributed by atoms with van der Waals surface area (Å²) >= 11 is 0. The van der Waals surface area contributed by atoms with Gasteiger partial charge in [-0.05, 0) is 31.4 Å². The van der Waals surface area contributed by atoms with Gasteiger partial charge in [0.05, 0.1) is 12.5 Å². The van der Waals surface area contributed by atoms with Gasteiger partial charge in [0.25, 0.3) is 0 Å². The minimum Gasteiger partial charge on any atom is -0.481 e. The number of carbonyl (C=O) groups is 2. The second-order valence-corrected chi connectivity index (χ2v) is 5.20. The van der Waals surface area contributed by atoms with Gasteiger partial charge in [-0.3, -0.25) is 9.59 Å². The summed E-state index contributed by atoms with van der Waals surface area (Å²) in [6, 6.07) is 9.21. The van der Waals surface area contributed by atoms with Gasteiger partial charge in [-0.1, -0.05) is 18.2 Å². The summed E-state index contributed by atoms with van der Waals surface area (Å²) in [6.07, 6.45) is 3.27. The topological polar surface area (TPSA) is 66.8 Å². The monoisotopic (exact) mass is 291 g/mol. The maximum atomic E-state index is 12.4. The maximum Gasteiger partial charge on any atom is 0.305 e. The molecule has 0 aromatic heterocycles. The maximum absolute atomic E-state index is 12.4. The molecule has 0 spiro atoms. The summed E-state index contributed by atoms with van der Waals surface area (Å²) in [7, 11) is 0. The number of para-hydroxylation sites is 1. The molecule has 1 aliphatic heterocycles. The van der Waals surface area contributed by atoms with Gasteiger partial charge in [0.15, 0.2) is 0 Å². The quantitative estimate of drug-likeness (QED) is 0.838. The molecule has 1 heterocycles. The fourth-order valence-electron chi connectivity index (χ4n) is 2.50. The largest absolute Gasteiger partial charge is 0.481 e. The van der Waals surface area contributed by atoms with Crippen LogP contribution in [0.25, 0.3) is 0 Å². The molecule has 0 saturated carbocycles. The molecule has 1 aliphatic rings. The minimum absolute atomic E-state index is 0.0436. The summed E-state index contributed by atoms with van der Waals surface area (Å²) in [6.45, 7) is 0.976. The van der Waals surface area contributed by atoms with Crippen LogP contribution in [-0.2, 0) is 14.3 Å². The lowest BCUT2D eigenvalue weighted by Gasteiger charge is -2.23. The van der Waals surface area contributed by atoms with E-state index >= 15 is 0 Å². The van der Waals surface area contributed by atoms with E-state index in [1.54, 1.807) is 4.90 Å². The number of carboxylic acids is 1. The molecule has 1 amide bonds. The average molecular weight is 291 g/mol. The van der Waals surface area contributed by atoms with Crippen molar-refractivity contribution in [3.8, 4) is 0 Å².